The highest BCUT2D eigenvalue weighted by Gasteiger charge is 2.42. The van der Waals surface area contributed by atoms with Crippen LogP contribution in [0, 0.1) is 11.3 Å². The largest absolute Gasteiger partial charge is 0.481 e. The Morgan fingerprint density at radius 3 is 2.68 bits per heavy atom. The van der Waals surface area contributed by atoms with Crippen LogP contribution in [0.1, 0.15) is 46.0 Å². The molecule has 1 aliphatic carbocycles. The van der Waals surface area contributed by atoms with Crippen molar-refractivity contribution in [3.05, 3.63) is 0 Å². The summed E-state index contributed by atoms with van der Waals surface area (Å²) in [5, 5.41) is 12.1. The maximum Gasteiger partial charge on any atom is 0.317 e. The van der Waals surface area contributed by atoms with E-state index in [-0.39, 0.29) is 12.1 Å². The molecule has 0 bridgehead atoms. The van der Waals surface area contributed by atoms with E-state index in [4.69, 9.17) is 5.11 Å². The van der Waals surface area contributed by atoms with E-state index in [2.05, 4.69) is 5.32 Å². The van der Waals surface area contributed by atoms with Crippen LogP contribution in [0.2, 0.25) is 0 Å². The van der Waals surface area contributed by atoms with Gasteiger partial charge >= 0.3 is 12.0 Å². The van der Waals surface area contributed by atoms with Gasteiger partial charge in [0.1, 0.15) is 0 Å². The summed E-state index contributed by atoms with van der Waals surface area (Å²) in [5.41, 5.74) is -0.783. The van der Waals surface area contributed by atoms with Crippen LogP contribution in [0.4, 0.5) is 4.79 Å². The Morgan fingerprint density at radius 1 is 1.47 bits per heavy atom. The molecule has 0 aromatic rings. The number of likely N-dealkylation sites (tertiary alicyclic amines) is 1. The lowest BCUT2D eigenvalue weighted by Crippen LogP contribution is -2.44. The van der Waals surface area contributed by atoms with E-state index < -0.39 is 11.4 Å². The minimum atomic E-state index is -0.815. The molecule has 108 valence electrons. The van der Waals surface area contributed by atoms with Crippen LogP contribution in [-0.4, -0.2) is 41.1 Å². The van der Waals surface area contributed by atoms with Crippen LogP contribution >= 0.6 is 0 Å². The van der Waals surface area contributed by atoms with Crippen LogP contribution < -0.4 is 5.32 Å². The number of urea groups is 1. The molecule has 1 saturated carbocycles. The zero-order valence-electron chi connectivity index (χ0n) is 11.8. The summed E-state index contributed by atoms with van der Waals surface area (Å²) in [4.78, 5) is 24.8. The average Bonchev–Trinajstić information content (AvgIpc) is 3.08. The van der Waals surface area contributed by atoms with Crippen LogP contribution in [-0.2, 0) is 4.79 Å². The highest BCUT2D eigenvalue weighted by molar-refractivity contribution is 5.79. The summed E-state index contributed by atoms with van der Waals surface area (Å²) in [6.07, 6.45) is 5.41. The number of carboxylic acids is 1. The van der Waals surface area contributed by atoms with Crippen molar-refractivity contribution in [1.29, 1.82) is 0 Å². The lowest BCUT2D eigenvalue weighted by molar-refractivity contribution is -0.146. The Balaban J connectivity index is 1.75. The van der Waals surface area contributed by atoms with E-state index in [9.17, 15) is 9.59 Å². The Bertz CT molecular complexity index is 368. The Hall–Kier alpha value is -1.26. The van der Waals surface area contributed by atoms with Crippen LogP contribution in [0.5, 0.6) is 0 Å². The SMILES string of the molecule is CC(CCC1CC1)NC(=O)N1CCC(C)(C(=O)O)C1. The van der Waals surface area contributed by atoms with Gasteiger partial charge in [0.2, 0.25) is 0 Å². The maximum atomic E-state index is 12.0. The first-order valence-electron chi connectivity index (χ1n) is 7.19. The standard InChI is InChI=1S/C14H24N2O3/c1-10(3-4-11-5-6-11)15-13(19)16-8-7-14(2,9-16)12(17)18/h10-11H,3-9H2,1-2H3,(H,15,19)(H,17,18). The molecule has 2 aliphatic rings. The minimum absolute atomic E-state index is 0.117. The van der Waals surface area contributed by atoms with Gasteiger partial charge in [-0.05, 0) is 39.0 Å². The number of rotatable bonds is 5. The van der Waals surface area contributed by atoms with Crippen molar-refractivity contribution < 1.29 is 14.7 Å². The molecule has 19 heavy (non-hydrogen) atoms. The molecule has 2 N–H and O–H groups in total. The van der Waals surface area contributed by atoms with Crippen molar-refractivity contribution in [2.45, 2.75) is 52.0 Å². The lowest BCUT2D eigenvalue weighted by atomic mass is 9.90. The number of carboxylic acid groups (broad SMARTS) is 1. The number of nitrogens with zero attached hydrogens (tertiary/aromatic N) is 1. The van der Waals surface area contributed by atoms with Crippen LogP contribution in [0.3, 0.4) is 0 Å². The number of carbonyl (C=O) groups is 2. The Kier molecular flexibility index (Phi) is 4.02. The Labute approximate surface area is 114 Å². The summed E-state index contributed by atoms with van der Waals surface area (Å²) < 4.78 is 0. The summed E-state index contributed by atoms with van der Waals surface area (Å²) in [5.74, 6) is 0.0611. The lowest BCUT2D eigenvalue weighted by Gasteiger charge is -2.22. The quantitative estimate of drug-likeness (QED) is 0.802. The van der Waals surface area contributed by atoms with E-state index in [0.29, 0.717) is 19.5 Å². The molecule has 0 spiro atoms. The molecule has 0 aromatic carbocycles. The number of hydrogen-bond acceptors (Lipinski definition) is 2. The third-order valence-corrected chi connectivity index (χ3v) is 4.35. The van der Waals surface area contributed by atoms with Gasteiger partial charge in [0.15, 0.2) is 0 Å². The molecule has 1 saturated heterocycles. The first-order valence-corrected chi connectivity index (χ1v) is 7.19. The van der Waals surface area contributed by atoms with Gasteiger partial charge in [-0.15, -0.1) is 0 Å². The number of amides is 2. The van der Waals surface area contributed by atoms with Crippen molar-refractivity contribution in [3.63, 3.8) is 0 Å². The van der Waals surface area contributed by atoms with Crippen molar-refractivity contribution in [2.75, 3.05) is 13.1 Å². The fourth-order valence-corrected chi connectivity index (χ4v) is 2.58. The van der Waals surface area contributed by atoms with E-state index >= 15 is 0 Å². The summed E-state index contributed by atoms with van der Waals surface area (Å²) in [6.45, 7) is 4.57. The molecule has 0 radical (unpaired) electrons. The zero-order valence-corrected chi connectivity index (χ0v) is 11.8. The predicted molar refractivity (Wildman–Crippen MR) is 71.9 cm³/mol. The number of hydrogen-bond donors (Lipinski definition) is 2. The molecular formula is C14H24N2O3. The number of carbonyl (C=O) groups excluding carboxylic acids is 1. The van der Waals surface area contributed by atoms with Crippen molar-refractivity contribution in [1.82, 2.24) is 10.2 Å². The molecule has 1 heterocycles. The maximum absolute atomic E-state index is 12.0. The van der Waals surface area contributed by atoms with Gasteiger partial charge in [-0.3, -0.25) is 4.79 Å². The molecule has 2 amide bonds. The molecule has 2 fully saturated rings. The van der Waals surface area contributed by atoms with Crippen LogP contribution in [0.25, 0.3) is 0 Å². The number of nitrogens with one attached hydrogen (secondary N) is 1. The van der Waals surface area contributed by atoms with E-state index in [0.717, 1.165) is 12.3 Å². The normalized spacial score (nSPS) is 28.2. The van der Waals surface area contributed by atoms with Crippen molar-refractivity contribution in [2.24, 2.45) is 11.3 Å². The van der Waals surface area contributed by atoms with Gasteiger partial charge in [0.25, 0.3) is 0 Å². The molecule has 5 nitrogen and oxygen atoms in total. The van der Waals surface area contributed by atoms with Gasteiger partial charge in [-0.1, -0.05) is 12.8 Å². The summed E-state index contributed by atoms with van der Waals surface area (Å²) in [7, 11) is 0. The molecule has 5 heteroatoms. The summed E-state index contributed by atoms with van der Waals surface area (Å²) in [6, 6.07) is 0.0538. The molecule has 1 aliphatic heterocycles. The number of aliphatic carboxylic acids is 1. The van der Waals surface area contributed by atoms with E-state index in [1.54, 1.807) is 11.8 Å². The molecule has 2 unspecified atom stereocenters. The van der Waals surface area contributed by atoms with Crippen LogP contribution in [0.15, 0.2) is 0 Å². The monoisotopic (exact) mass is 268 g/mol. The first-order chi connectivity index (χ1) is 8.90. The molecule has 0 aromatic heterocycles. The molecule has 2 atom stereocenters. The van der Waals surface area contributed by atoms with Gasteiger partial charge in [-0.25, -0.2) is 4.79 Å². The van der Waals surface area contributed by atoms with Crippen molar-refractivity contribution >= 4 is 12.0 Å². The average molecular weight is 268 g/mol. The minimum Gasteiger partial charge on any atom is -0.481 e. The predicted octanol–water partition coefficient (Wildman–Crippen LogP) is 2.07. The van der Waals surface area contributed by atoms with E-state index in [1.165, 1.54) is 19.3 Å². The zero-order chi connectivity index (χ0) is 14.0. The smallest absolute Gasteiger partial charge is 0.317 e. The second kappa shape index (κ2) is 5.39. The highest BCUT2D eigenvalue weighted by atomic mass is 16.4. The first kappa shape index (κ1) is 14.2. The van der Waals surface area contributed by atoms with E-state index in [1.807, 2.05) is 6.92 Å². The third-order valence-electron chi connectivity index (χ3n) is 4.35. The Morgan fingerprint density at radius 2 is 2.16 bits per heavy atom. The second-order valence-electron chi connectivity index (χ2n) is 6.41. The topological polar surface area (TPSA) is 69.6 Å². The van der Waals surface area contributed by atoms with Gasteiger partial charge in [0, 0.05) is 19.1 Å². The second-order valence-corrected chi connectivity index (χ2v) is 6.41. The van der Waals surface area contributed by atoms with Crippen molar-refractivity contribution in [3.8, 4) is 0 Å². The molecular weight excluding hydrogens is 244 g/mol. The van der Waals surface area contributed by atoms with Gasteiger partial charge in [-0.2, -0.15) is 0 Å². The third kappa shape index (κ3) is 3.61. The fraction of sp³-hybridized carbons (Fsp3) is 0.857. The summed E-state index contributed by atoms with van der Waals surface area (Å²) >= 11 is 0. The van der Waals surface area contributed by atoms with Gasteiger partial charge < -0.3 is 15.3 Å². The van der Waals surface area contributed by atoms with Gasteiger partial charge in [0.05, 0.1) is 5.41 Å². The molecule has 2 rings (SSSR count). The highest BCUT2D eigenvalue weighted by Crippen LogP contribution is 2.34. The fourth-order valence-electron chi connectivity index (χ4n) is 2.58.